The molecule has 3 aromatic rings. The van der Waals surface area contributed by atoms with Crippen LogP contribution in [0.15, 0.2) is 36.5 Å². The van der Waals surface area contributed by atoms with E-state index in [4.69, 9.17) is 29.0 Å². The van der Waals surface area contributed by atoms with Crippen molar-refractivity contribution in [2.45, 2.75) is 6.54 Å². The number of carbonyl (C=O) groups excluding carboxylic acids is 1. The quantitative estimate of drug-likeness (QED) is 0.434. The Morgan fingerprint density at radius 1 is 1.29 bits per heavy atom. The van der Waals surface area contributed by atoms with Crippen LogP contribution < -0.4 is 11.3 Å². The van der Waals surface area contributed by atoms with Crippen molar-refractivity contribution in [2.24, 2.45) is 5.84 Å². The van der Waals surface area contributed by atoms with Crippen LogP contribution in [0.2, 0.25) is 10.0 Å². The number of hydrogen-bond donors (Lipinski definition) is 2. The van der Waals surface area contributed by atoms with E-state index >= 15 is 0 Å². The molecule has 1 aromatic carbocycles. The lowest BCUT2D eigenvalue weighted by atomic mass is 10.2. The van der Waals surface area contributed by atoms with Crippen LogP contribution in [0.25, 0.3) is 10.9 Å². The summed E-state index contributed by atoms with van der Waals surface area (Å²) in [5, 5.41) is 2.19. The van der Waals surface area contributed by atoms with Gasteiger partial charge in [-0.25, -0.2) is 5.84 Å². The molecule has 0 aliphatic heterocycles. The van der Waals surface area contributed by atoms with Crippen LogP contribution in [-0.2, 0) is 6.54 Å². The molecule has 108 valence electrons. The predicted octanol–water partition coefficient (Wildman–Crippen LogP) is 3.66. The van der Waals surface area contributed by atoms with Crippen LogP contribution in [0.4, 0.5) is 0 Å². The highest BCUT2D eigenvalue weighted by molar-refractivity contribution is 7.14. The van der Waals surface area contributed by atoms with E-state index < -0.39 is 0 Å². The average Bonchev–Trinajstić information content (AvgIpc) is 3.06. The summed E-state index contributed by atoms with van der Waals surface area (Å²) in [5.74, 6) is 4.85. The second-order valence-corrected chi connectivity index (χ2v) is 6.52. The van der Waals surface area contributed by atoms with E-state index in [2.05, 4.69) is 5.43 Å². The fourth-order valence-corrected chi connectivity index (χ4v) is 3.64. The molecule has 2 aromatic heterocycles. The van der Waals surface area contributed by atoms with E-state index in [1.54, 1.807) is 12.1 Å². The highest BCUT2D eigenvalue weighted by atomic mass is 35.5. The van der Waals surface area contributed by atoms with Gasteiger partial charge in [0, 0.05) is 21.5 Å². The van der Waals surface area contributed by atoms with Gasteiger partial charge in [0.15, 0.2) is 0 Å². The predicted molar refractivity (Wildman–Crippen MR) is 87.0 cm³/mol. The standard InChI is InChI=1S/C14H11Cl2N3OS/c15-8-5-11(16)10-3-4-19(12(10)6-8)7-9-1-2-13(21-9)14(20)18-17/h1-6H,7,17H2,(H,18,20). The monoisotopic (exact) mass is 339 g/mol. The highest BCUT2D eigenvalue weighted by Crippen LogP contribution is 2.29. The van der Waals surface area contributed by atoms with E-state index in [-0.39, 0.29) is 5.91 Å². The number of benzene rings is 1. The SMILES string of the molecule is NNC(=O)c1ccc(Cn2ccc3c(Cl)cc(Cl)cc32)s1. The topological polar surface area (TPSA) is 60.0 Å². The number of nitrogens with one attached hydrogen (secondary N) is 1. The molecule has 0 saturated heterocycles. The molecule has 7 heteroatoms. The molecule has 3 N–H and O–H groups in total. The number of thiophene rings is 1. The van der Waals surface area contributed by atoms with Gasteiger partial charge in [-0.1, -0.05) is 23.2 Å². The van der Waals surface area contributed by atoms with Crippen molar-refractivity contribution in [1.29, 1.82) is 0 Å². The lowest BCUT2D eigenvalue weighted by molar-refractivity contribution is 0.0957. The molecule has 2 heterocycles. The van der Waals surface area contributed by atoms with Crippen molar-refractivity contribution in [3.63, 3.8) is 0 Å². The van der Waals surface area contributed by atoms with Gasteiger partial charge in [0.2, 0.25) is 0 Å². The van der Waals surface area contributed by atoms with Gasteiger partial charge in [-0.15, -0.1) is 11.3 Å². The lowest BCUT2D eigenvalue weighted by Crippen LogP contribution is -2.29. The maximum atomic E-state index is 11.5. The van der Waals surface area contributed by atoms with E-state index in [1.807, 2.05) is 29.0 Å². The fourth-order valence-electron chi connectivity index (χ4n) is 2.18. The molecule has 1 amide bonds. The summed E-state index contributed by atoms with van der Waals surface area (Å²) < 4.78 is 2.04. The number of fused-ring (bicyclic) bond motifs is 1. The number of nitrogens with two attached hydrogens (primary N) is 1. The number of rotatable bonds is 3. The first-order valence-electron chi connectivity index (χ1n) is 6.12. The average molecular weight is 340 g/mol. The molecule has 0 fully saturated rings. The van der Waals surface area contributed by atoms with Gasteiger partial charge >= 0.3 is 0 Å². The zero-order chi connectivity index (χ0) is 15.0. The molecule has 0 aliphatic rings. The van der Waals surface area contributed by atoms with Gasteiger partial charge in [0.05, 0.1) is 22.0 Å². The molecular formula is C14H11Cl2N3OS. The molecule has 3 rings (SSSR count). The normalized spacial score (nSPS) is 11.0. The van der Waals surface area contributed by atoms with Gasteiger partial charge in [-0.05, 0) is 30.3 Å². The van der Waals surface area contributed by atoms with Crippen LogP contribution in [0, 0.1) is 0 Å². The maximum absolute atomic E-state index is 11.5. The fraction of sp³-hybridized carbons (Fsp3) is 0.0714. The van der Waals surface area contributed by atoms with Gasteiger partial charge in [0.1, 0.15) is 0 Å². The molecular weight excluding hydrogens is 329 g/mol. The zero-order valence-corrected chi connectivity index (χ0v) is 13.1. The van der Waals surface area contributed by atoms with Crippen molar-refractivity contribution in [3.05, 3.63) is 56.3 Å². The first kappa shape index (κ1) is 14.4. The van der Waals surface area contributed by atoms with E-state index in [0.29, 0.717) is 21.5 Å². The minimum atomic E-state index is -0.283. The minimum Gasteiger partial charge on any atom is -0.342 e. The van der Waals surface area contributed by atoms with E-state index in [1.165, 1.54) is 11.3 Å². The second-order valence-electron chi connectivity index (χ2n) is 4.50. The summed E-state index contributed by atoms with van der Waals surface area (Å²) >= 11 is 13.6. The highest BCUT2D eigenvalue weighted by Gasteiger charge is 2.10. The Hall–Kier alpha value is -1.53. The van der Waals surface area contributed by atoms with Gasteiger partial charge in [0.25, 0.3) is 5.91 Å². The number of hydrazine groups is 1. The maximum Gasteiger partial charge on any atom is 0.275 e. The molecule has 4 nitrogen and oxygen atoms in total. The van der Waals surface area contributed by atoms with Crippen LogP contribution in [0.1, 0.15) is 14.5 Å². The third-order valence-corrected chi connectivity index (χ3v) is 4.75. The van der Waals surface area contributed by atoms with Crippen LogP contribution >= 0.6 is 34.5 Å². The molecule has 0 saturated carbocycles. The second kappa shape index (κ2) is 5.69. The number of hydrogen-bond acceptors (Lipinski definition) is 3. The summed E-state index contributed by atoms with van der Waals surface area (Å²) in [6, 6.07) is 9.23. The number of halogens is 2. The first-order chi connectivity index (χ1) is 10.1. The largest absolute Gasteiger partial charge is 0.342 e. The van der Waals surface area contributed by atoms with Crippen molar-refractivity contribution < 1.29 is 4.79 Å². The summed E-state index contributed by atoms with van der Waals surface area (Å²) in [4.78, 5) is 13.1. The molecule has 0 unspecified atom stereocenters. The van der Waals surface area contributed by atoms with Crippen LogP contribution in [0.3, 0.4) is 0 Å². The summed E-state index contributed by atoms with van der Waals surface area (Å²) in [6.07, 6.45) is 1.95. The Bertz CT molecular complexity index is 825. The molecule has 0 bridgehead atoms. The Kier molecular flexibility index (Phi) is 3.91. The summed E-state index contributed by atoms with van der Waals surface area (Å²) in [7, 11) is 0. The van der Waals surface area contributed by atoms with Crippen molar-refractivity contribution in [1.82, 2.24) is 9.99 Å². The Morgan fingerprint density at radius 3 is 2.86 bits per heavy atom. The zero-order valence-electron chi connectivity index (χ0n) is 10.8. The molecule has 21 heavy (non-hydrogen) atoms. The third kappa shape index (κ3) is 2.78. The number of nitrogens with zero attached hydrogens (tertiary/aromatic N) is 1. The molecule has 0 spiro atoms. The number of nitrogen functional groups attached to an aromatic ring is 1. The minimum absolute atomic E-state index is 0.283. The first-order valence-corrected chi connectivity index (χ1v) is 7.69. The van der Waals surface area contributed by atoms with Gasteiger partial charge < -0.3 is 4.57 Å². The smallest absolute Gasteiger partial charge is 0.275 e. The Labute approximate surface area is 135 Å². The Morgan fingerprint density at radius 2 is 2.10 bits per heavy atom. The molecule has 0 radical (unpaired) electrons. The van der Waals surface area contributed by atoms with Gasteiger partial charge in [-0.2, -0.15) is 0 Å². The number of amides is 1. The summed E-state index contributed by atoms with van der Waals surface area (Å²) in [6.45, 7) is 0.642. The van der Waals surface area contributed by atoms with Crippen molar-refractivity contribution in [2.75, 3.05) is 0 Å². The van der Waals surface area contributed by atoms with E-state index in [0.717, 1.165) is 15.8 Å². The molecule has 0 atom stereocenters. The Balaban J connectivity index is 1.95. The number of carbonyl (C=O) groups is 1. The van der Waals surface area contributed by atoms with Crippen LogP contribution in [0.5, 0.6) is 0 Å². The van der Waals surface area contributed by atoms with Crippen molar-refractivity contribution >= 4 is 51.3 Å². The van der Waals surface area contributed by atoms with Crippen molar-refractivity contribution in [3.8, 4) is 0 Å². The third-order valence-electron chi connectivity index (χ3n) is 3.15. The van der Waals surface area contributed by atoms with Crippen LogP contribution in [-0.4, -0.2) is 10.5 Å². The molecule has 0 aliphatic carbocycles. The summed E-state index contributed by atoms with van der Waals surface area (Å²) in [5.41, 5.74) is 3.09. The number of aromatic nitrogens is 1. The van der Waals surface area contributed by atoms with E-state index in [9.17, 15) is 4.79 Å². The van der Waals surface area contributed by atoms with Gasteiger partial charge in [-0.3, -0.25) is 10.2 Å². The lowest BCUT2D eigenvalue weighted by Gasteiger charge is -2.04.